The van der Waals surface area contributed by atoms with Crippen LogP contribution in [0, 0.1) is 0 Å². The Morgan fingerprint density at radius 3 is 2.54 bits per heavy atom. The van der Waals surface area contributed by atoms with Gasteiger partial charge in [0.05, 0.1) is 30.3 Å². The third kappa shape index (κ3) is 6.87. The van der Waals surface area contributed by atoms with Crippen LogP contribution in [0.5, 0.6) is 0 Å². The van der Waals surface area contributed by atoms with E-state index in [2.05, 4.69) is 9.62 Å². The molecule has 0 aliphatic carbocycles. The molecule has 2 N–H and O–H groups in total. The Morgan fingerprint density at radius 2 is 1.79 bits per heavy atom. The van der Waals surface area contributed by atoms with Crippen LogP contribution in [-0.4, -0.2) is 57.4 Å². The summed E-state index contributed by atoms with van der Waals surface area (Å²) in [7, 11) is -1.99. The molecule has 2 aliphatic heterocycles. The van der Waals surface area contributed by atoms with Crippen LogP contribution in [0.3, 0.4) is 0 Å². The number of methoxy groups -OCH3 is 1. The van der Waals surface area contributed by atoms with E-state index in [4.69, 9.17) is 14.2 Å². The fraction of sp³-hybridized carbons (Fsp3) is 0.400. The van der Waals surface area contributed by atoms with Crippen molar-refractivity contribution in [3.63, 3.8) is 0 Å². The lowest BCUT2D eigenvalue weighted by molar-refractivity contribution is -0.253. The van der Waals surface area contributed by atoms with Gasteiger partial charge in [-0.25, -0.2) is 8.42 Å². The van der Waals surface area contributed by atoms with E-state index in [1.54, 1.807) is 55.6 Å². The second-order valence-corrected chi connectivity index (χ2v) is 11.8. The molecule has 0 aromatic heterocycles. The summed E-state index contributed by atoms with van der Waals surface area (Å²) in [5.41, 5.74) is 3.03. The molecule has 39 heavy (non-hydrogen) atoms. The van der Waals surface area contributed by atoms with E-state index in [0.29, 0.717) is 24.8 Å². The lowest BCUT2D eigenvalue weighted by Crippen LogP contribution is -2.42. The number of ether oxygens (including phenoxy) is 3. The number of aliphatic hydroxyl groups is 1. The van der Waals surface area contributed by atoms with E-state index in [9.17, 15) is 13.5 Å². The number of aliphatic hydroxyl groups excluding tert-OH is 1. The molecule has 0 radical (unpaired) electrons. The van der Waals surface area contributed by atoms with Crippen molar-refractivity contribution in [2.24, 2.45) is 0 Å². The lowest BCUT2D eigenvalue weighted by Gasteiger charge is -2.39. The van der Waals surface area contributed by atoms with E-state index in [1.165, 1.54) is 0 Å². The molecule has 4 atom stereocenters. The van der Waals surface area contributed by atoms with E-state index in [1.807, 2.05) is 30.3 Å². The summed E-state index contributed by atoms with van der Waals surface area (Å²) in [5.74, 6) is 0. The van der Waals surface area contributed by atoms with Crippen LogP contribution >= 0.6 is 0 Å². The average Bonchev–Trinajstić information content (AvgIpc) is 3.40. The molecule has 2 heterocycles. The van der Waals surface area contributed by atoms with Crippen molar-refractivity contribution in [3.8, 4) is 0 Å². The second-order valence-electron chi connectivity index (χ2n) is 10.1. The smallest absolute Gasteiger partial charge is 0.261 e. The SMILES string of the molecule is COC[C@@H]1CCCN1C[C@H]1C[C@@H](c2ccc(CO)cc2)O[C@@H](c2cccc(NS(=O)(=O)c3ccccc3)c2)O1. The first kappa shape index (κ1) is 27.8. The average molecular weight is 553 g/mol. The molecule has 5 rings (SSSR count). The van der Waals surface area contributed by atoms with Crippen molar-refractivity contribution >= 4 is 15.7 Å². The third-order valence-corrected chi connectivity index (χ3v) is 8.77. The normalized spacial score (nSPS) is 24.1. The molecule has 0 amide bonds. The van der Waals surface area contributed by atoms with Gasteiger partial charge < -0.3 is 19.3 Å². The zero-order chi connectivity index (χ0) is 27.2. The Balaban J connectivity index is 1.38. The van der Waals surface area contributed by atoms with Gasteiger partial charge in [-0.3, -0.25) is 9.62 Å². The standard InChI is InChI=1S/C30H36N2O6S/c1-36-21-26-9-6-16-32(26)19-27-18-29(23-14-12-22(20-33)13-15-23)38-30(37-27)24-7-5-8-25(17-24)31-39(34,35)28-10-3-2-4-11-28/h2-5,7-8,10-15,17,26-27,29-31,33H,6,9,16,18-21H2,1H3/t26-,27+,29-,30-/m0/s1. The molecule has 3 aromatic carbocycles. The Kier molecular flexibility index (Phi) is 8.96. The molecule has 2 saturated heterocycles. The number of benzene rings is 3. The van der Waals surface area contributed by atoms with Gasteiger partial charge in [-0.05, 0) is 54.8 Å². The van der Waals surface area contributed by atoms with Gasteiger partial charge in [-0.2, -0.15) is 0 Å². The number of nitrogens with one attached hydrogen (secondary N) is 1. The Labute approximate surface area is 230 Å². The van der Waals surface area contributed by atoms with E-state index in [-0.39, 0.29) is 23.7 Å². The number of rotatable bonds is 10. The summed E-state index contributed by atoms with van der Waals surface area (Å²) < 4.78 is 46.9. The van der Waals surface area contributed by atoms with Crippen LogP contribution in [0.4, 0.5) is 5.69 Å². The van der Waals surface area contributed by atoms with Crippen molar-refractivity contribution in [3.05, 3.63) is 95.6 Å². The van der Waals surface area contributed by atoms with Crippen molar-refractivity contribution in [2.45, 2.75) is 55.3 Å². The molecular weight excluding hydrogens is 516 g/mol. The van der Waals surface area contributed by atoms with Crippen molar-refractivity contribution in [1.29, 1.82) is 0 Å². The molecule has 9 heteroatoms. The first-order chi connectivity index (χ1) is 18.9. The van der Waals surface area contributed by atoms with Crippen LogP contribution in [0.2, 0.25) is 0 Å². The molecule has 0 spiro atoms. The predicted molar refractivity (Wildman–Crippen MR) is 149 cm³/mol. The van der Waals surface area contributed by atoms with Crippen molar-refractivity contribution in [1.82, 2.24) is 4.90 Å². The van der Waals surface area contributed by atoms with Crippen LogP contribution in [0.25, 0.3) is 0 Å². The van der Waals surface area contributed by atoms with Crippen LogP contribution < -0.4 is 4.72 Å². The topological polar surface area (TPSA) is 97.3 Å². The molecule has 2 fully saturated rings. The van der Waals surface area contributed by atoms with Gasteiger partial charge >= 0.3 is 0 Å². The molecule has 208 valence electrons. The maximum atomic E-state index is 12.9. The number of anilines is 1. The van der Waals surface area contributed by atoms with Gasteiger partial charge in [0.15, 0.2) is 6.29 Å². The maximum Gasteiger partial charge on any atom is 0.261 e. The highest BCUT2D eigenvalue weighted by atomic mass is 32.2. The van der Waals surface area contributed by atoms with Gasteiger partial charge in [0.2, 0.25) is 0 Å². The van der Waals surface area contributed by atoms with Gasteiger partial charge in [0, 0.05) is 37.4 Å². The Hall–Kier alpha value is -2.79. The van der Waals surface area contributed by atoms with Gasteiger partial charge in [-0.1, -0.05) is 54.6 Å². The highest BCUT2D eigenvalue weighted by Crippen LogP contribution is 2.39. The second kappa shape index (κ2) is 12.6. The summed E-state index contributed by atoms with van der Waals surface area (Å²) in [4.78, 5) is 2.63. The maximum absolute atomic E-state index is 12.9. The van der Waals surface area contributed by atoms with Crippen LogP contribution in [-0.2, 0) is 30.8 Å². The Bertz CT molecular complexity index is 1320. The number of hydrogen-bond acceptors (Lipinski definition) is 7. The minimum atomic E-state index is -3.73. The summed E-state index contributed by atoms with van der Waals surface area (Å²) in [6, 6.07) is 23.6. The first-order valence-corrected chi connectivity index (χ1v) is 14.8. The Morgan fingerprint density at radius 1 is 1.00 bits per heavy atom. The number of nitrogens with zero attached hydrogens (tertiary/aromatic N) is 1. The molecule has 0 unspecified atom stereocenters. The van der Waals surface area contributed by atoms with E-state index < -0.39 is 16.3 Å². The highest BCUT2D eigenvalue weighted by Gasteiger charge is 2.35. The quantitative estimate of drug-likeness (QED) is 0.378. The highest BCUT2D eigenvalue weighted by molar-refractivity contribution is 7.92. The van der Waals surface area contributed by atoms with E-state index >= 15 is 0 Å². The minimum Gasteiger partial charge on any atom is -0.392 e. The molecule has 2 aliphatic rings. The largest absolute Gasteiger partial charge is 0.392 e. The van der Waals surface area contributed by atoms with Gasteiger partial charge in [0.25, 0.3) is 10.0 Å². The molecule has 0 saturated carbocycles. The van der Waals surface area contributed by atoms with Gasteiger partial charge in [-0.15, -0.1) is 0 Å². The van der Waals surface area contributed by atoms with E-state index in [0.717, 1.165) is 42.6 Å². The van der Waals surface area contributed by atoms with Gasteiger partial charge in [0.1, 0.15) is 0 Å². The molecular formula is C30H36N2O6S. The number of likely N-dealkylation sites (tertiary alicyclic amines) is 1. The van der Waals surface area contributed by atoms with Crippen molar-refractivity contribution < 1.29 is 27.7 Å². The monoisotopic (exact) mass is 552 g/mol. The summed E-state index contributed by atoms with van der Waals surface area (Å²) in [5, 5.41) is 9.46. The predicted octanol–water partition coefficient (Wildman–Crippen LogP) is 4.64. The number of hydrogen-bond donors (Lipinski definition) is 2. The fourth-order valence-electron chi connectivity index (χ4n) is 5.37. The zero-order valence-electron chi connectivity index (χ0n) is 22.1. The molecule has 0 bridgehead atoms. The summed E-state index contributed by atoms with van der Waals surface area (Å²) in [6.07, 6.45) is 1.96. The van der Waals surface area contributed by atoms with Crippen LogP contribution in [0.1, 0.15) is 48.3 Å². The minimum absolute atomic E-state index is 0.0122. The zero-order valence-corrected chi connectivity index (χ0v) is 22.9. The van der Waals surface area contributed by atoms with Crippen molar-refractivity contribution in [2.75, 3.05) is 31.5 Å². The summed E-state index contributed by atoms with van der Waals surface area (Å²) in [6.45, 7) is 2.45. The third-order valence-electron chi connectivity index (χ3n) is 7.38. The number of sulfonamides is 1. The fourth-order valence-corrected chi connectivity index (χ4v) is 6.44. The molecule has 8 nitrogen and oxygen atoms in total. The summed E-state index contributed by atoms with van der Waals surface area (Å²) >= 11 is 0. The van der Waals surface area contributed by atoms with Crippen LogP contribution in [0.15, 0.2) is 83.8 Å². The lowest BCUT2D eigenvalue weighted by atomic mass is 9.99. The molecule has 3 aromatic rings. The first-order valence-electron chi connectivity index (χ1n) is 13.4.